The number of nitrogens with one attached hydrogen (secondary N) is 1. The first-order valence-electron chi connectivity index (χ1n) is 3.77. The number of carbonyl (C=O) groups is 1. The summed E-state index contributed by atoms with van der Waals surface area (Å²) in [6.45, 7) is 1.51. The lowest BCUT2D eigenvalue weighted by atomic mass is 10.0. The van der Waals surface area contributed by atoms with Crippen LogP contribution in [-0.4, -0.2) is 13.8 Å². The van der Waals surface area contributed by atoms with Crippen molar-refractivity contribution in [3.05, 3.63) is 35.9 Å². The average Bonchev–Trinajstić information content (AvgIpc) is 2.07. The van der Waals surface area contributed by atoms with E-state index in [4.69, 9.17) is 7.98 Å². The second-order valence-corrected chi connectivity index (χ2v) is 2.62. The van der Waals surface area contributed by atoms with Gasteiger partial charge in [0.25, 0.3) is 0 Å². The van der Waals surface area contributed by atoms with Crippen molar-refractivity contribution >= 4 is 13.8 Å². The van der Waals surface area contributed by atoms with Gasteiger partial charge in [-0.15, -0.1) is 0 Å². The largest absolute Gasteiger partial charge is 0.354 e. The maximum atomic E-state index is 11.0. The summed E-state index contributed by atoms with van der Waals surface area (Å²) in [5, 5.41) is 2.47. The first kappa shape index (κ1) is 9.01. The number of rotatable bonds is 3. The first-order chi connectivity index (χ1) is 5.75. The number of hydrogen-bond acceptors (Lipinski definition) is 2. The van der Waals surface area contributed by atoms with E-state index < -0.39 is 0 Å². The molecule has 0 saturated heterocycles. The Balaban J connectivity index is 2.88. The third-order valence-electron chi connectivity index (χ3n) is 1.71. The van der Waals surface area contributed by atoms with Crippen molar-refractivity contribution < 1.29 is 4.79 Å². The van der Waals surface area contributed by atoms with E-state index in [2.05, 4.69) is 5.23 Å². The van der Waals surface area contributed by atoms with Crippen LogP contribution in [-0.2, 0) is 4.79 Å². The van der Waals surface area contributed by atoms with Gasteiger partial charge in [0.2, 0.25) is 0 Å². The Morgan fingerprint density at radius 2 is 2.00 bits per heavy atom. The molecule has 0 aliphatic rings. The molecule has 2 nitrogen and oxygen atoms in total. The summed E-state index contributed by atoms with van der Waals surface area (Å²) in [5.74, 6) is 0.0173. The molecule has 0 saturated carbocycles. The molecule has 1 N–H and O–H groups in total. The summed E-state index contributed by atoms with van der Waals surface area (Å²) in [6.07, 6.45) is 0. The van der Waals surface area contributed by atoms with Crippen molar-refractivity contribution in [3.8, 4) is 0 Å². The van der Waals surface area contributed by atoms with E-state index in [9.17, 15) is 4.79 Å². The molecule has 1 rings (SSSR count). The Bertz CT molecular complexity index is 260. The van der Waals surface area contributed by atoms with Gasteiger partial charge in [0.05, 0.1) is 6.04 Å². The highest BCUT2D eigenvalue weighted by Crippen LogP contribution is 2.11. The lowest BCUT2D eigenvalue weighted by molar-refractivity contribution is -0.118. The molecule has 0 amide bonds. The van der Waals surface area contributed by atoms with E-state index in [-0.39, 0.29) is 11.8 Å². The Kier molecular flexibility index (Phi) is 3.05. The Morgan fingerprint density at radius 3 is 2.42 bits per heavy atom. The third-order valence-corrected chi connectivity index (χ3v) is 1.71. The number of Topliss-reactive ketones (excluding diaryl/α,β-unsaturated/α-hetero) is 1. The van der Waals surface area contributed by atoms with Crippen LogP contribution < -0.4 is 5.23 Å². The van der Waals surface area contributed by atoms with Gasteiger partial charge in [-0.25, -0.2) is 0 Å². The van der Waals surface area contributed by atoms with Crippen molar-refractivity contribution in [1.29, 1.82) is 0 Å². The number of benzene rings is 1. The summed E-state index contributed by atoms with van der Waals surface area (Å²) >= 11 is 0. The zero-order valence-corrected chi connectivity index (χ0v) is 6.95. The standard InChI is InChI=1S/C9H10BNO/c1-7(12)9(11-10)8-5-3-2-4-6-8/h2-6,9,11H,1H3/t9-/m0/s1. The van der Waals surface area contributed by atoms with Crippen molar-refractivity contribution in [2.24, 2.45) is 0 Å². The minimum atomic E-state index is -0.383. The maximum Gasteiger partial charge on any atom is 0.179 e. The quantitative estimate of drug-likeness (QED) is 0.666. The van der Waals surface area contributed by atoms with Crippen LogP contribution in [0.25, 0.3) is 0 Å². The molecule has 12 heavy (non-hydrogen) atoms. The summed E-state index contributed by atoms with van der Waals surface area (Å²) in [7, 11) is 5.23. The van der Waals surface area contributed by atoms with Gasteiger partial charge in [0.15, 0.2) is 7.98 Å². The number of hydrogen-bond donors (Lipinski definition) is 1. The van der Waals surface area contributed by atoms with Gasteiger partial charge in [-0.3, -0.25) is 4.79 Å². The molecule has 60 valence electrons. The van der Waals surface area contributed by atoms with Gasteiger partial charge in [0.1, 0.15) is 5.78 Å². The first-order valence-corrected chi connectivity index (χ1v) is 3.77. The fourth-order valence-corrected chi connectivity index (χ4v) is 1.09. The van der Waals surface area contributed by atoms with Crippen LogP contribution in [0, 0.1) is 0 Å². The summed E-state index contributed by atoms with van der Waals surface area (Å²) in [6, 6.07) is 9.01. The molecule has 0 bridgehead atoms. The predicted octanol–water partition coefficient (Wildman–Crippen LogP) is 0.990. The second-order valence-electron chi connectivity index (χ2n) is 2.62. The van der Waals surface area contributed by atoms with Crippen LogP contribution in [0.1, 0.15) is 18.5 Å². The van der Waals surface area contributed by atoms with Crippen molar-refractivity contribution in [2.75, 3.05) is 0 Å². The van der Waals surface area contributed by atoms with E-state index in [1.54, 1.807) is 0 Å². The van der Waals surface area contributed by atoms with Crippen LogP contribution in [0.3, 0.4) is 0 Å². The summed E-state index contributed by atoms with van der Waals surface area (Å²) in [4.78, 5) is 11.0. The molecule has 1 aromatic carbocycles. The molecule has 0 spiro atoms. The van der Waals surface area contributed by atoms with E-state index in [1.807, 2.05) is 30.3 Å². The monoisotopic (exact) mass is 159 g/mol. The molecule has 1 aromatic rings. The maximum absolute atomic E-state index is 11.0. The van der Waals surface area contributed by atoms with E-state index in [0.29, 0.717) is 0 Å². The highest BCUT2D eigenvalue weighted by atomic mass is 16.1. The molecule has 0 aliphatic carbocycles. The lowest BCUT2D eigenvalue weighted by Gasteiger charge is -2.12. The zero-order chi connectivity index (χ0) is 8.97. The number of carbonyl (C=O) groups excluding carboxylic acids is 1. The van der Waals surface area contributed by atoms with E-state index in [0.717, 1.165) is 5.56 Å². The molecule has 3 heteroatoms. The van der Waals surface area contributed by atoms with Crippen LogP contribution in [0.2, 0.25) is 0 Å². The topological polar surface area (TPSA) is 29.1 Å². The van der Waals surface area contributed by atoms with Gasteiger partial charge in [-0.1, -0.05) is 30.3 Å². The molecule has 1 atom stereocenters. The van der Waals surface area contributed by atoms with Crippen LogP contribution in [0.5, 0.6) is 0 Å². The van der Waals surface area contributed by atoms with Gasteiger partial charge in [-0.05, 0) is 12.5 Å². The average molecular weight is 159 g/mol. The molecule has 0 aromatic heterocycles. The molecule has 0 fully saturated rings. The van der Waals surface area contributed by atoms with Gasteiger partial charge in [0, 0.05) is 0 Å². The van der Waals surface area contributed by atoms with Crippen LogP contribution in [0.4, 0.5) is 0 Å². The molecule has 2 radical (unpaired) electrons. The zero-order valence-electron chi connectivity index (χ0n) is 6.95. The third kappa shape index (κ3) is 1.95. The summed E-state index contributed by atoms with van der Waals surface area (Å²) in [5.41, 5.74) is 0.896. The van der Waals surface area contributed by atoms with Crippen LogP contribution >= 0.6 is 0 Å². The van der Waals surface area contributed by atoms with Crippen molar-refractivity contribution in [3.63, 3.8) is 0 Å². The fourth-order valence-electron chi connectivity index (χ4n) is 1.09. The van der Waals surface area contributed by atoms with E-state index in [1.165, 1.54) is 6.92 Å². The highest BCUT2D eigenvalue weighted by molar-refractivity contribution is 6.06. The lowest BCUT2D eigenvalue weighted by Crippen LogP contribution is -2.24. The minimum Gasteiger partial charge on any atom is -0.354 e. The van der Waals surface area contributed by atoms with Crippen LogP contribution in [0.15, 0.2) is 30.3 Å². The minimum absolute atomic E-state index is 0.0173. The van der Waals surface area contributed by atoms with Gasteiger partial charge < -0.3 is 5.23 Å². The van der Waals surface area contributed by atoms with Gasteiger partial charge >= 0.3 is 0 Å². The normalized spacial score (nSPS) is 12.4. The smallest absolute Gasteiger partial charge is 0.179 e. The highest BCUT2D eigenvalue weighted by Gasteiger charge is 2.11. The van der Waals surface area contributed by atoms with Crippen molar-refractivity contribution in [2.45, 2.75) is 13.0 Å². The molecule has 0 heterocycles. The predicted molar refractivity (Wildman–Crippen MR) is 48.8 cm³/mol. The van der Waals surface area contributed by atoms with E-state index >= 15 is 0 Å². The Hall–Kier alpha value is -1.09. The second kappa shape index (κ2) is 4.07. The molecular weight excluding hydrogens is 149 g/mol. The fraction of sp³-hybridized carbons (Fsp3) is 0.222. The SMILES string of the molecule is [B]N[C@@H](C(C)=O)c1ccccc1. The summed E-state index contributed by atoms with van der Waals surface area (Å²) < 4.78 is 0. The molecule has 0 aliphatic heterocycles. The molecular formula is C9H10BNO. The van der Waals surface area contributed by atoms with Crippen molar-refractivity contribution in [1.82, 2.24) is 5.23 Å². The number of ketones is 1. The van der Waals surface area contributed by atoms with Gasteiger partial charge in [-0.2, -0.15) is 0 Å². The Morgan fingerprint density at radius 1 is 1.42 bits per heavy atom. The Labute approximate surface area is 73.4 Å². The molecule has 0 unspecified atom stereocenters.